The molecule has 0 unspecified atom stereocenters. The van der Waals surface area contributed by atoms with Crippen LogP contribution in [0.1, 0.15) is 37.4 Å². The Morgan fingerprint density at radius 2 is 1.56 bits per heavy atom. The third kappa shape index (κ3) is 6.57. The maximum atomic E-state index is 13.8. The van der Waals surface area contributed by atoms with Gasteiger partial charge in [0.15, 0.2) is 11.5 Å². The van der Waals surface area contributed by atoms with Crippen LogP contribution < -0.4 is 19.1 Å². The summed E-state index contributed by atoms with van der Waals surface area (Å²) in [6, 6.07) is 20.9. The lowest BCUT2D eigenvalue weighted by Gasteiger charge is -2.27. The van der Waals surface area contributed by atoms with Gasteiger partial charge in [-0.15, -0.1) is 0 Å². The number of methoxy groups -OCH3 is 2. The van der Waals surface area contributed by atoms with Crippen LogP contribution in [0.4, 0.5) is 5.69 Å². The predicted molar refractivity (Wildman–Crippen MR) is 142 cm³/mol. The maximum absolute atomic E-state index is 13.8. The summed E-state index contributed by atoms with van der Waals surface area (Å²) in [4.78, 5) is 13.3. The van der Waals surface area contributed by atoms with E-state index < -0.39 is 15.9 Å². The summed E-state index contributed by atoms with van der Waals surface area (Å²) in [5.74, 6) is 0.636. The highest BCUT2D eigenvalue weighted by Crippen LogP contribution is 2.32. The first-order valence-corrected chi connectivity index (χ1v) is 13.3. The zero-order chi connectivity index (χ0) is 26.3. The van der Waals surface area contributed by atoms with Crippen LogP contribution in [0.2, 0.25) is 0 Å². The number of hydrogen-bond donors (Lipinski definition) is 1. The molecule has 7 nitrogen and oxygen atoms in total. The van der Waals surface area contributed by atoms with Gasteiger partial charge in [0.1, 0.15) is 6.54 Å². The van der Waals surface area contributed by atoms with Crippen LogP contribution in [-0.4, -0.2) is 35.1 Å². The number of amides is 1. The minimum atomic E-state index is -4.11. The Morgan fingerprint density at radius 3 is 2.14 bits per heavy atom. The summed E-state index contributed by atoms with van der Waals surface area (Å²) in [7, 11) is -1.18. The molecule has 0 radical (unpaired) electrons. The van der Waals surface area contributed by atoms with Gasteiger partial charge in [0.2, 0.25) is 5.91 Å². The number of ether oxygens (including phenoxy) is 2. The van der Waals surface area contributed by atoms with E-state index in [1.807, 2.05) is 49.4 Å². The molecule has 0 aromatic heterocycles. The largest absolute Gasteiger partial charge is 0.493 e. The maximum Gasteiger partial charge on any atom is 0.264 e. The number of hydrogen-bond acceptors (Lipinski definition) is 5. The molecule has 0 aliphatic heterocycles. The average Bonchev–Trinajstić information content (AvgIpc) is 2.87. The monoisotopic (exact) mass is 510 g/mol. The molecule has 3 rings (SSSR count). The normalized spacial score (nSPS) is 12.2. The van der Waals surface area contributed by atoms with Crippen LogP contribution in [0, 0.1) is 12.8 Å². The number of aryl methyl sites for hydroxylation is 1. The fourth-order valence-corrected chi connectivity index (χ4v) is 5.37. The van der Waals surface area contributed by atoms with E-state index in [2.05, 4.69) is 19.2 Å². The van der Waals surface area contributed by atoms with Gasteiger partial charge in [-0.1, -0.05) is 61.9 Å². The van der Waals surface area contributed by atoms with E-state index in [0.717, 1.165) is 21.9 Å². The fraction of sp³-hybridized carbons (Fsp3) is 0.321. The SMILES string of the molecule is COc1ccc(S(=O)(=O)N(CC(=O)N[C@@H](CC(C)C)c2ccccc2)c2ccc(C)cc2)cc1OC. The lowest BCUT2D eigenvalue weighted by Crippen LogP contribution is -2.42. The van der Waals surface area contributed by atoms with Gasteiger partial charge in [-0.05, 0) is 49.1 Å². The van der Waals surface area contributed by atoms with Gasteiger partial charge in [-0.25, -0.2) is 8.42 Å². The van der Waals surface area contributed by atoms with Crippen molar-refractivity contribution in [1.29, 1.82) is 0 Å². The molecule has 0 aliphatic carbocycles. The van der Waals surface area contributed by atoms with E-state index in [0.29, 0.717) is 17.4 Å². The number of nitrogens with one attached hydrogen (secondary N) is 1. The van der Waals surface area contributed by atoms with Crippen molar-refractivity contribution in [2.45, 2.75) is 38.1 Å². The Kier molecular flexibility index (Phi) is 8.98. The van der Waals surface area contributed by atoms with Crippen LogP contribution in [0.25, 0.3) is 0 Å². The first kappa shape index (κ1) is 27.1. The Labute approximate surface area is 214 Å². The second kappa shape index (κ2) is 11.9. The minimum Gasteiger partial charge on any atom is -0.493 e. The Balaban J connectivity index is 1.96. The number of carbonyl (C=O) groups excluding carboxylic acids is 1. The van der Waals surface area contributed by atoms with Crippen molar-refractivity contribution in [2.75, 3.05) is 25.1 Å². The Hall–Kier alpha value is -3.52. The molecule has 3 aromatic carbocycles. The predicted octanol–water partition coefficient (Wildman–Crippen LogP) is 5.11. The molecule has 36 heavy (non-hydrogen) atoms. The third-order valence-corrected chi connectivity index (χ3v) is 7.57. The van der Waals surface area contributed by atoms with E-state index in [9.17, 15) is 13.2 Å². The van der Waals surface area contributed by atoms with Crippen molar-refractivity contribution in [2.24, 2.45) is 5.92 Å². The second-order valence-electron chi connectivity index (χ2n) is 9.02. The van der Waals surface area contributed by atoms with Gasteiger partial charge in [0.25, 0.3) is 10.0 Å². The zero-order valence-electron chi connectivity index (χ0n) is 21.4. The molecule has 1 N–H and O–H groups in total. The number of anilines is 1. The van der Waals surface area contributed by atoms with Gasteiger partial charge < -0.3 is 14.8 Å². The highest BCUT2D eigenvalue weighted by atomic mass is 32.2. The van der Waals surface area contributed by atoms with Crippen molar-refractivity contribution in [3.63, 3.8) is 0 Å². The lowest BCUT2D eigenvalue weighted by molar-refractivity contribution is -0.120. The van der Waals surface area contributed by atoms with Gasteiger partial charge in [-0.2, -0.15) is 0 Å². The van der Waals surface area contributed by atoms with Crippen molar-refractivity contribution >= 4 is 21.6 Å². The van der Waals surface area contributed by atoms with Crippen LogP contribution in [0.15, 0.2) is 77.7 Å². The first-order chi connectivity index (χ1) is 17.1. The molecule has 0 aliphatic rings. The first-order valence-electron chi connectivity index (χ1n) is 11.8. The van der Waals surface area contributed by atoms with E-state index >= 15 is 0 Å². The Bertz CT molecular complexity index is 1260. The molecule has 0 saturated carbocycles. The quantitative estimate of drug-likeness (QED) is 0.387. The summed E-state index contributed by atoms with van der Waals surface area (Å²) < 4.78 is 39.3. The van der Waals surface area contributed by atoms with Crippen LogP contribution in [0.5, 0.6) is 11.5 Å². The zero-order valence-corrected chi connectivity index (χ0v) is 22.2. The average molecular weight is 511 g/mol. The van der Waals surface area contributed by atoms with E-state index in [4.69, 9.17) is 9.47 Å². The molecule has 0 saturated heterocycles. The minimum absolute atomic E-state index is 0.00434. The van der Waals surface area contributed by atoms with E-state index in [1.54, 1.807) is 12.1 Å². The highest BCUT2D eigenvalue weighted by Gasteiger charge is 2.29. The Morgan fingerprint density at radius 1 is 0.917 bits per heavy atom. The smallest absolute Gasteiger partial charge is 0.264 e. The molecule has 1 atom stereocenters. The van der Waals surface area contributed by atoms with E-state index in [1.165, 1.54) is 32.4 Å². The number of carbonyl (C=O) groups is 1. The lowest BCUT2D eigenvalue weighted by atomic mass is 9.97. The van der Waals surface area contributed by atoms with Gasteiger partial charge >= 0.3 is 0 Å². The van der Waals surface area contributed by atoms with Crippen molar-refractivity contribution in [1.82, 2.24) is 5.32 Å². The molecular weight excluding hydrogens is 476 g/mol. The molecule has 192 valence electrons. The summed E-state index contributed by atoms with van der Waals surface area (Å²) in [5.41, 5.74) is 2.35. The molecule has 0 bridgehead atoms. The summed E-state index contributed by atoms with van der Waals surface area (Å²) in [6.07, 6.45) is 0.725. The standard InChI is InChI=1S/C28H34N2O5S/c1-20(2)17-25(22-9-7-6-8-10-22)29-28(31)19-30(23-13-11-21(3)12-14-23)36(32,33)24-15-16-26(34-4)27(18-24)35-5/h6-16,18,20,25H,17,19H2,1-5H3,(H,29,31)/t25-/m0/s1. The highest BCUT2D eigenvalue weighted by molar-refractivity contribution is 7.92. The van der Waals surface area contributed by atoms with Crippen LogP contribution in [0.3, 0.4) is 0 Å². The van der Waals surface area contributed by atoms with Gasteiger partial charge in [-0.3, -0.25) is 9.10 Å². The van der Waals surface area contributed by atoms with Crippen LogP contribution >= 0.6 is 0 Å². The number of sulfonamides is 1. The van der Waals surface area contributed by atoms with Gasteiger partial charge in [0.05, 0.1) is 30.8 Å². The topological polar surface area (TPSA) is 84.9 Å². The summed E-state index contributed by atoms with van der Waals surface area (Å²) >= 11 is 0. The molecule has 0 heterocycles. The van der Waals surface area contributed by atoms with Crippen molar-refractivity contribution in [3.05, 3.63) is 83.9 Å². The molecule has 8 heteroatoms. The van der Waals surface area contributed by atoms with E-state index in [-0.39, 0.29) is 23.2 Å². The fourth-order valence-electron chi connectivity index (χ4n) is 3.94. The molecule has 0 spiro atoms. The summed E-state index contributed by atoms with van der Waals surface area (Å²) in [5, 5.41) is 3.05. The van der Waals surface area contributed by atoms with Crippen LogP contribution in [-0.2, 0) is 14.8 Å². The summed E-state index contributed by atoms with van der Waals surface area (Å²) in [6.45, 7) is 5.71. The van der Waals surface area contributed by atoms with Gasteiger partial charge in [0, 0.05) is 6.07 Å². The number of rotatable bonds is 11. The molecule has 3 aromatic rings. The van der Waals surface area contributed by atoms with Crippen molar-refractivity contribution < 1.29 is 22.7 Å². The second-order valence-corrected chi connectivity index (χ2v) is 10.9. The number of nitrogens with zero attached hydrogens (tertiary/aromatic N) is 1. The number of benzene rings is 3. The molecule has 0 fully saturated rings. The molecule has 1 amide bonds. The third-order valence-electron chi connectivity index (χ3n) is 5.80. The van der Waals surface area contributed by atoms with Crippen molar-refractivity contribution in [3.8, 4) is 11.5 Å². The molecular formula is C28H34N2O5S.